The molecule has 0 bridgehead atoms. The van der Waals surface area contributed by atoms with Gasteiger partial charge in [-0.3, -0.25) is 0 Å². The van der Waals surface area contributed by atoms with Gasteiger partial charge in [0.25, 0.3) is 0 Å². The summed E-state index contributed by atoms with van der Waals surface area (Å²) in [7, 11) is 0. The number of para-hydroxylation sites is 1. The van der Waals surface area contributed by atoms with E-state index >= 15 is 0 Å². The fourth-order valence-corrected chi connectivity index (χ4v) is 2.12. The SMILES string of the molecule is Nc1nc(Nc2ccc(F)cc2Cl)c2ccccc2n1. The molecule has 0 aliphatic carbocycles. The third kappa shape index (κ3) is 2.35. The second-order valence-electron chi connectivity index (χ2n) is 4.20. The van der Waals surface area contributed by atoms with Gasteiger partial charge in [-0.25, -0.2) is 9.37 Å². The standard InChI is InChI=1S/C14H10ClFN4/c15-10-7-8(16)5-6-12(10)18-13-9-3-1-2-4-11(9)19-14(17)20-13/h1-7H,(H3,17,18,19,20). The van der Waals surface area contributed by atoms with E-state index in [2.05, 4.69) is 15.3 Å². The Morgan fingerprint density at radius 1 is 1.10 bits per heavy atom. The molecule has 3 N–H and O–H groups in total. The van der Waals surface area contributed by atoms with Gasteiger partial charge in [0.1, 0.15) is 11.6 Å². The number of benzene rings is 2. The fourth-order valence-electron chi connectivity index (χ4n) is 1.91. The Bertz CT molecular complexity index is 791. The van der Waals surface area contributed by atoms with Crippen LogP contribution in [0.15, 0.2) is 42.5 Å². The molecular weight excluding hydrogens is 279 g/mol. The zero-order chi connectivity index (χ0) is 14.1. The van der Waals surface area contributed by atoms with Gasteiger partial charge in [0.2, 0.25) is 5.95 Å². The van der Waals surface area contributed by atoms with Gasteiger partial charge in [0, 0.05) is 5.39 Å². The molecule has 0 spiro atoms. The van der Waals surface area contributed by atoms with E-state index in [1.54, 1.807) is 6.07 Å². The zero-order valence-corrected chi connectivity index (χ0v) is 11.0. The molecule has 2 aromatic carbocycles. The summed E-state index contributed by atoms with van der Waals surface area (Å²) in [5.41, 5.74) is 6.96. The number of hydrogen-bond donors (Lipinski definition) is 2. The molecule has 0 fully saturated rings. The lowest BCUT2D eigenvalue weighted by molar-refractivity contribution is 0.628. The van der Waals surface area contributed by atoms with E-state index in [1.807, 2.05) is 24.3 Å². The molecule has 0 amide bonds. The molecule has 6 heteroatoms. The summed E-state index contributed by atoms with van der Waals surface area (Å²) in [6, 6.07) is 11.5. The van der Waals surface area contributed by atoms with Crippen molar-refractivity contribution in [2.24, 2.45) is 0 Å². The molecule has 3 aromatic rings. The molecule has 0 aliphatic heterocycles. The third-order valence-corrected chi connectivity index (χ3v) is 3.12. The molecule has 100 valence electrons. The monoisotopic (exact) mass is 288 g/mol. The predicted molar refractivity (Wildman–Crippen MR) is 78.6 cm³/mol. The number of hydrogen-bond acceptors (Lipinski definition) is 4. The topological polar surface area (TPSA) is 63.8 Å². The molecule has 20 heavy (non-hydrogen) atoms. The highest BCUT2D eigenvalue weighted by Crippen LogP contribution is 2.29. The lowest BCUT2D eigenvalue weighted by atomic mass is 10.2. The normalized spacial score (nSPS) is 10.7. The maximum Gasteiger partial charge on any atom is 0.222 e. The Morgan fingerprint density at radius 3 is 2.70 bits per heavy atom. The molecule has 0 saturated carbocycles. The van der Waals surface area contributed by atoms with Crippen molar-refractivity contribution < 1.29 is 4.39 Å². The quantitative estimate of drug-likeness (QED) is 0.754. The van der Waals surface area contributed by atoms with Crippen LogP contribution in [-0.2, 0) is 0 Å². The van der Waals surface area contributed by atoms with Gasteiger partial charge in [-0.05, 0) is 30.3 Å². The van der Waals surface area contributed by atoms with Gasteiger partial charge < -0.3 is 11.1 Å². The van der Waals surface area contributed by atoms with E-state index in [0.717, 1.165) is 10.9 Å². The van der Waals surface area contributed by atoms with E-state index in [-0.39, 0.29) is 11.0 Å². The zero-order valence-electron chi connectivity index (χ0n) is 10.3. The van der Waals surface area contributed by atoms with E-state index < -0.39 is 5.82 Å². The van der Waals surface area contributed by atoms with Crippen molar-refractivity contribution in [1.82, 2.24) is 9.97 Å². The van der Waals surface area contributed by atoms with Crippen molar-refractivity contribution in [3.63, 3.8) is 0 Å². The Kier molecular flexibility index (Phi) is 3.12. The van der Waals surface area contributed by atoms with Crippen LogP contribution in [0.5, 0.6) is 0 Å². The Morgan fingerprint density at radius 2 is 1.90 bits per heavy atom. The van der Waals surface area contributed by atoms with Gasteiger partial charge in [-0.15, -0.1) is 0 Å². The lowest BCUT2D eigenvalue weighted by Gasteiger charge is -2.10. The van der Waals surface area contributed by atoms with Crippen LogP contribution in [0.4, 0.5) is 21.8 Å². The van der Waals surface area contributed by atoms with Crippen molar-refractivity contribution in [3.05, 3.63) is 53.3 Å². The summed E-state index contributed by atoms with van der Waals surface area (Å²) in [4.78, 5) is 8.31. The number of aromatic nitrogens is 2. The smallest absolute Gasteiger partial charge is 0.222 e. The summed E-state index contributed by atoms with van der Waals surface area (Å²) in [5, 5.41) is 4.13. The average Bonchev–Trinajstić information content (AvgIpc) is 2.41. The molecule has 0 radical (unpaired) electrons. The van der Waals surface area contributed by atoms with Crippen LogP contribution in [0.25, 0.3) is 10.9 Å². The van der Waals surface area contributed by atoms with E-state index in [0.29, 0.717) is 11.5 Å². The van der Waals surface area contributed by atoms with Crippen LogP contribution in [0.2, 0.25) is 5.02 Å². The van der Waals surface area contributed by atoms with Crippen LogP contribution in [0.1, 0.15) is 0 Å². The summed E-state index contributed by atoms with van der Waals surface area (Å²) < 4.78 is 13.0. The van der Waals surface area contributed by atoms with E-state index in [9.17, 15) is 4.39 Å². The number of nitrogen functional groups attached to an aromatic ring is 1. The van der Waals surface area contributed by atoms with Crippen molar-refractivity contribution in [2.45, 2.75) is 0 Å². The third-order valence-electron chi connectivity index (χ3n) is 2.80. The van der Waals surface area contributed by atoms with Gasteiger partial charge >= 0.3 is 0 Å². The van der Waals surface area contributed by atoms with Crippen LogP contribution >= 0.6 is 11.6 Å². The lowest BCUT2D eigenvalue weighted by Crippen LogP contribution is -2.01. The number of nitrogens with two attached hydrogens (primary N) is 1. The Hall–Kier alpha value is -2.40. The highest BCUT2D eigenvalue weighted by Gasteiger charge is 2.08. The van der Waals surface area contributed by atoms with E-state index in [1.165, 1.54) is 12.1 Å². The van der Waals surface area contributed by atoms with Crippen molar-refractivity contribution in [3.8, 4) is 0 Å². The second kappa shape index (κ2) is 4.94. The largest absolute Gasteiger partial charge is 0.368 e. The second-order valence-corrected chi connectivity index (χ2v) is 4.60. The fraction of sp³-hybridized carbons (Fsp3) is 0. The molecule has 0 aliphatic rings. The number of rotatable bonds is 2. The molecule has 1 aromatic heterocycles. The Labute approximate surface area is 119 Å². The van der Waals surface area contributed by atoms with Crippen LogP contribution < -0.4 is 11.1 Å². The molecule has 0 unspecified atom stereocenters. The first-order valence-corrected chi connectivity index (χ1v) is 6.25. The minimum atomic E-state index is -0.396. The summed E-state index contributed by atoms with van der Waals surface area (Å²) in [6.07, 6.45) is 0. The van der Waals surface area contributed by atoms with Crippen molar-refractivity contribution >= 4 is 40.0 Å². The minimum absolute atomic E-state index is 0.157. The first-order valence-electron chi connectivity index (χ1n) is 5.88. The first-order chi connectivity index (χ1) is 9.63. The summed E-state index contributed by atoms with van der Waals surface area (Å²) in [6.45, 7) is 0. The number of nitrogens with one attached hydrogen (secondary N) is 1. The summed E-state index contributed by atoms with van der Waals surface area (Å²) in [5.74, 6) is 0.290. The average molecular weight is 289 g/mol. The van der Waals surface area contributed by atoms with Gasteiger partial charge in [-0.1, -0.05) is 23.7 Å². The van der Waals surface area contributed by atoms with E-state index in [4.69, 9.17) is 17.3 Å². The maximum atomic E-state index is 13.0. The molecular formula is C14H10ClFN4. The highest BCUT2D eigenvalue weighted by molar-refractivity contribution is 6.33. The minimum Gasteiger partial charge on any atom is -0.368 e. The summed E-state index contributed by atoms with van der Waals surface area (Å²) >= 11 is 5.99. The highest BCUT2D eigenvalue weighted by atomic mass is 35.5. The number of fused-ring (bicyclic) bond motifs is 1. The molecule has 0 saturated heterocycles. The van der Waals surface area contributed by atoms with Gasteiger partial charge in [-0.2, -0.15) is 4.98 Å². The molecule has 4 nitrogen and oxygen atoms in total. The molecule has 0 atom stereocenters. The van der Waals surface area contributed by atoms with Crippen LogP contribution in [0.3, 0.4) is 0 Å². The van der Waals surface area contributed by atoms with Crippen LogP contribution in [-0.4, -0.2) is 9.97 Å². The first kappa shape index (κ1) is 12.6. The number of nitrogens with zero attached hydrogens (tertiary/aromatic N) is 2. The van der Waals surface area contributed by atoms with Gasteiger partial charge in [0.05, 0.1) is 16.2 Å². The van der Waals surface area contributed by atoms with Gasteiger partial charge in [0.15, 0.2) is 0 Å². The van der Waals surface area contributed by atoms with Crippen molar-refractivity contribution in [2.75, 3.05) is 11.1 Å². The van der Waals surface area contributed by atoms with Crippen molar-refractivity contribution in [1.29, 1.82) is 0 Å². The number of halogens is 2. The maximum absolute atomic E-state index is 13.0. The molecule has 1 heterocycles. The number of anilines is 3. The Balaban J connectivity index is 2.10. The predicted octanol–water partition coefficient (Wildman–Crippen LogP) is 3.75. The van der Waals surface area contributed by atoms with Crippen LogP contribution in [0, 0.1) is 5.82 Å². The molecule has 3 rings (SSSR count).